The van der Waals surface area contributed by atoms with Gasteiger partial charge >= 0.3 is 0 Å². The van der Waals surface area contributed by atoms with Crippen molar-refractivity contribution < 1.29 is 4.79 Å². The monoisotopic (exact) mass is 256 g/mol. The van der Waals surface area contributed by atoms with Crippen molar-refractivity contribution in [3.8, 4) is 6.07 Å². The lowest BCUT2D eigenvalue weighted by Crippen LogP contribution is -2.25. The summed E-state index contributed by atoms with van der Waals surface area (Å²) in [4.78, 5) is 16.2. The number of aryl methyl sites for hydroxylation is 1. The molecule has 1 heterocycles. The Morgan fingerprint density at radius 2 is 2.21 bits per heavy atom. The highest BCUT2D eigenvalue weighted by Gasteiger charge is 2.21. The normalized spacial score (nSPS) is 12.4. The van der Waals surface area contributed by atoms with E-state index in [-0.39, 0.29) is 11.8 Å². The van der Waals surface area contributed by atoms with Crippen LogP contribution < -0.4 is 5.32 Å². The van der Waals surface area contributed by atoms with Crippen LogP contribution in [0.3, 0.4) is 0 Å². The van der Waals surface area contributed by atoms with Gasteiger partial charge in [0.1, 0.15) is 5.92 Å². The Hall–Kier alpha value is -2.35. The Labute approximate surface area is 111 Å². The zero-order valence-electron chi connectivity index (χ0n) is 11.2. The average Bonchev–Trinajstić information content (AvgIpc) is 2.71. The van der Waals surface area contributed by atoms with E-state index in [1.165, 1.54) is 0 Å². The molecule has 1 N–H and O–H groups in total. The van der Waals surface area contributed by atoms with Crippen molar-refractivity contribution in [2.45, 2.75) is 13.8 Å². The van der Waals surface area contributed by atoms with Crippen molar-refractivity contribution in [2.75, 3.05) is 5.32 Å². The molecule has 0 aliphatic carbocycles. The Balaban J connectivity index is 2.22. The molecule has 0 aliphatic rings. The summed E-state index contributed by atoms with van der Waals surface area (Å²) in [6.45, 7) is 3.71. The van der Waals surface area contributed by atoms with Gasteiger partial charge in [0.2, 0.25) is 5.91 Å². The van der Waals surface area contributed by atoms with E-state index in [9.17, 15) is 4.79 Å². The molecule has 0 aliphatic heterocycles. The third kappa shape index (κ3) is 2.58. The Morgan fingerprint density at radius 3 is 2.84 bits per heavy atom. The summed E-state index contributed by atoms with van der Waals surface area (Å²) in [5, 5.41) is 11.8. The fourth-order valence-corrected chi connectivity index (χ4v) is 1.94. The maximum absolute atomic E-state index is 12.0. The van der Waals surface area contributed by atoms with Crippen LogP contribution >= 0.6 is 0 Å². The largest absolute Gasteiger partial charge is 0.334 e. The van der Waals surface area contributed by atoms with Crippen LogP contribution in [0.4, 0.5) is 5.69 Å². The molecule has 0 fully saturated rings. The minimum atomic E-state index is -0.639. The summed E-state index contributed by atoms with van der Waals surface area (Å²) in [7, 11) is 1.91. The van der Waals surface area contributed by atoms with Gasteiger partial charge in [-0.3, -0.25) is 4.79 Å². The lowest BCUT2D eigenvalue weighted by molar-refractivity contribution is -0.119. The number of nitriles is 1. The van der Waals surface area contributed by atoms with Gasteiger partial charge in [-0.1, -0.05) is 13.8 Å². The molecule has 2 aromatic rings. The van der Waals surface area contributed by atoms with Crippen LogP contribution in [0.1, 0.15) is 13.8 Å². The Kier molecular flexibility index (Phi) is 3.52. The van der Waals surface area contributed by atoms with Gasteiger partial charge in [-0.2, -0.15) is 5.26 Å². The zero-order valence-corrected chi connectivity index (χ0v) is 11.2. The van der Waals surface area contributed by atoms with E-state index in [4.69, 9.17) is 5.26 Å². The van der Waals surface area contributed by atoms with Crippen LogP contribution in [0.2, 0.25) is 0 Å². The van der Waals surface area contributed by atoms with Gasteiger partial charge in [0, 0.05) is 12.7 Å². The average molecular weight is 256 g/mol. The summed E-state index contributed by atoms with van der Waals surface area (Å²) in [5.41, 5.74) is 2.48. The van der Waals surface area contributed by atoms with E-state index in [0.717, 1.165) is 11.0 Å². The third-order valence-electron chi connectivity index (χ3n) is 3.08. The van der Waals surface area contributed by atoms with Gasteiger partial charge in [-0.05, 0) is 24.1 Å². The lowest BCUT2D eigenvalue weighted by Gasteiger charge is -2.13. The van der Waals surface area contributed by atoms with E-state index in [2.05, 4.69) is 10.3 Å². The summed E-state index contributed by atoms with van der Waals surface area (Å²) in [6, 6.07) is 7.55. The molecule has 0 spiro atoms. The number of amides is 1. The van der Waals surface area contributed by atoms with Crippen LogP contribution in [-0.2, 0) is 11.8 Å². The fourth-order valence-electron chi connectivity index (χ4n) is 1.94. The number of hydrogen-bond donors (Lipinski definition) is 1. The molecule has 98 valence electrons. The highest BCUT2D eigenvalue weighted by atomic mass is 16.1. The van der Waals surface area contributed by atoms with E-state index < -0.39 is 5.92 Å². The minimum absolute atomic E-state index is 0.0106. The summed E-state index contributed by atoms with van der Waals surface area (Å²) < 4.78 is 1.91. The molecule has 1 atom stereocenters. The predicted molar refractivity (Wildman–Crippen MR) is 73.3 cm³/mol. The molecular formula is C14H16N4O. The number of imidazole rings is 1. The molecule has 19 heavy (non-hydrogen) atoms. The molecule has 2 rings (SSSR count). The van der Waals surface area contributed by atoms with Crippen LogP contribution in [0.25, 0.3) is 11.0 Å². The van der Waals surface area contributed by atoms with Gasteiger partial charge in [0.25, 0.3) is 0 Å². The van der Waals surface area contributed by atoms with Gasteiger partial charge in [-0.15, -0.1) is 0 Å². The first-order valence-electron chi connectivity index (χ1n) is 6.14. The lowest BCUT2D eigenvalue weighted by atomic mass is 9.96. The number of aromatic nitrogens is 2. The predicted octanol–water partition coefficient (Wildman–Crippen LogP) is 2.31. The van der Waals surface area contributed by atoms with E-state index >= 15 is 0 Å². The highest BCUT2D eigenvalue weighted by molar-refractivity contribution is 5.95. The zero-order chi connectivity index (χ0) is 14.0. The third-order valence-corrected chi connectivity index (χ3v) is 3.08. The second-order valence-electron chi connectivity index (χ2n) is 4.90. The number of hydrogen-bond acceptors (Lipinski definition) is 3. The molecule has 0 saturated heterocycles. The SMILES string of the molecule is CC(C)C(C#N)C(=O)Nc1ccc2c(c1)ncn2C. The van der Waals surface area contributed by atoms with Crippen LogP contribution in [0, 0.1) is 23.2 Å². The first-order chi connectivity index (χ1) is 9.02. The molecule has 1 amide bonds. The van der Waals surface area contributed by atoms with Crippen molar-refractivity contribution in [1.82, 2.24) is 9.55 Å². The molecule has 0 saturated carbocycles. The fraction of sp³-hybridized carbons (Fsp3) is 0.357. The summed E-state index contributed by atoms with van der Waals surface area (Å²) in [5.74, 6) is -0.921. The number of anilines is 1. The van der Waals surface area contributed by atoms with Crippen LogP contribution in [0.15, 0.2) is 24.5 Å². The topological polar surface area (TPSA) is 70.7 Å². The van der Waals surface area contributed by atoms with Gasteiger partial charge in [0.15, 0.2) is 0 Å². The van der Waals surface area contributed by atoms with Crippen LogP contribution in [-0.4, -0.2) is 15.5 Å². The first-order valence-corrected chi connectivity index (χ1v) is 6.14. The second-order valence-corrected chi connectivity index (χ2v) is 4.90. The van der Waals surface area contributed by atoms with Gasteiger partial charge < -0.3 is 9.88 Å². The van der Waals surface area contributed by atoms with Crippen LogP contribution in [0.5, 0.6) is 0 Å². The molecule has 1 unspecified atom stereocenters. The number of fused-ring (bicyclic) bond motifs is 1. The Bertz CT molecular complexity index is 651. The first kappa shape index (κ1) is 13.1. The minimum Gasteiger partial charge on any atom is -0.334 e. The summed E-state index contributed by atoms with van der Waals surface area (Å²) >= 11 is 0. The standard InChI is InChI=1S/C14H16N4O/c1-9(2)11(7-15)14(19)17-10-4-5-13-12(6-10)16-8-18(13)3/h4-6,8-9,11H,1-3H3,(H,17,19). The number of nitrogens with one attached hydrogen (secondary N) is 1. The molecule has 1 aromatic carbocycles. The molecule has 5 heteroatoms. The van der Waals surface area contributed by atoms with Crippen molar-refractivity contribution in [3.05, 3.63) is 24.5 Å². The smallest absolute Gasteiger partial charge is 0.241 e. The van der Waals surface area contributed by atoms with E-state index in [1.54, 1.807) is 6.33 Å². The maximum atomic E-state index is 12.0. The molecular weight excluding hydrogens is 240 g/mol. The van der Waals surface area contributed by atoms with Crippen molar-refractivity contribution in [1.29, 1.82) is 5.26 Å². The molecule has 0 bridgehead atoms. The quantitative estimate of drug-likeness (QED) is 0.916. The maximum Gasteiger partial charge on any atom is 0.241 e. The van der Waals surface area contributed by atoms with Crippen molar-refractivity contribution in [2.24, 2.45) is 18.9 Å². The van der Waals surface area contributed by atoms with E-state index in [1.807, 2.05) is 49.7 Å². The number of benzene rings is 1. The summed E-state index contributed by atoms with van der Waals surface area (Å²) in [6.07, 6.45) is 1.72. The van der Waals surface area contributed by atoms with Crippen molar-refractivity contribution in [3.63, 3.8) is 0 Å². The van der Waals surface area contributed by atoms with Gasteiger partial charge in [0.05, 0.1) is 23.4 Å². The highest BCUT2D eigenvalue weighted by Crippen LogP contribution is 2.19. The number of carbonyl (C=O) groups is 1. The number of carbonyl (C=O) groups excluding carboxylic acids is 1. The molecule has 1 aromatic heterocycles. The molecule has 5 nitrogen and oxygen atoms in total. The van der Waals surface area contributed by atoms with Gasteiger partial charge in [-0.25, -0.2) is 4.98 Å². The number of rotatable bonds is 3. The second kappa shape index (κ2) is 5.11. The van der Waals surface area contributed by atoms with Crippen molar-refractivity contribution >= 4 is 22.6 Å². The number of nitrogens with zero attached hydrogens (tertiary/aromatic N) is 3. The Morgan fingerprint density at radius 1 is 1.47 bits per heavy atom. The molecule has 0 radical (unpaired) electrons. The van der Waals surface area contributed by atoms with E-state index in [0.29, 0.717) is 5.69 Å².